The molecule has 0 radical (unpaired) electrons. The highest BCUT2D eigenvalue weighted by atomic mass is 79.9. The fraction of sp³-hybridized carbons (Fsp3) is 0.600. The maximum Gasteiger partial charge on any atom is 0.244 e. The molecule has 112 valence electrons. The van der Waals surface area contributed by atoms with Crippen molar-refractivity contribution in [1.29, 1.82) is 0 Å². The molecule has 0 N–H and O–H groups in total. The van der Waals surface area contributed by atoms with Crippen LogP contribution in [-0.2, 0) is 10.0 Å². The fourth-order valence-corrected chi connectivity index (χ4v) is 5.17. The van der Waals surface area contributed by atoms with Gasteiger partial charge < -0.3 is 0 Å². The molecule has 1 aliphatic rings. The third-order valence-corrected chi connectivity index (χ3v) is 7.36. The minimum atomic E-state index is -3.38. The smallest absolute Gasteiger partial charge is 0.207 e. The molecule has 5 heteroatoms. The summed E-state index contributed by atoms with van der Waals surface area (Å²) in [6.07, 6.45) is 2.98. The van der Waals surface area contributed by atoms with Gasteiger partial charge in [0.2, 0.25) is 10.0 Å². The summed E-state index contributed by atoms with van der Waals surface area (Å²) in [5.74, 6) is 0. The van der Waals surface area contributed by atoms with Crippen LogP contribution in [0.15, 0.2) is 27.6 Å². The van der Waals surface area contributed by atoms with Crippen molar-refractivity contribution in [2.45, 2.75) is 44.9 Å². The molecular formula is C15H22BrNO2S. The van der Waals surface area contributed by atoms with Crippen LogP contribution in [-0.4, -0.2) is 25.8 Å². The van der Waals surface area contributed by atoms with Gasteiger partial charge in [-0.1, -0.05) is 26.3 Å². The minimum absolute atomic E-state index is 0.288. The minimum Gasteiger partial charge on any atom is -0.207 e. The number of hydrogen-bond acceptors (Lipinski definition) is 2. The maximum absolute atomic E-state index is 12.7. The Kier molecular flexibility index (Phi) is 4.62. The molecule has 1 aromatic carbocycles. The summed E-state index contributed by atoms with van der Waals surface area (Å²) in [5, 5.41) is 0. The van der Waals surface area contributed by atoms with Crippen molar-refractivity contribution in [3.63, 3.8) is 0 Å². The van der Waals surface area contributed by atoms with E-state index in [0.29, 0.717) is 22.5 Å². The van der Waals surface area contributed by atoms with Gasteiger partial charge in [-0.15, -0.1) is 0 Å². The Morgan fingerprint density at radius 2 is 1.90 bits per heavy atom. The quantitative estimate of drug-likeness (QED) is 0.818. The molecule has 20 heavy (non-hydrogen) atoms. The van der Waals surface area contributed by atoms with Crippen molar-refractivity contribution in [2.24, 2.45) is 5.41 Å². The summed E-state index contributed by atoms with van der Waals surface area (Å²) in [7, 11) is -3.38. The molecule has 0 aliphatic carbocycles. The molecule has 0 amide bonds. The number of sulfonamides is 1. The number of hydrogen-bond donors (Lipinski definition) is 0. The fourth-order valence-electron chi connectivity index (χ4n) is 2.57. The lowest BCUT2D eigenvalue weighted by atomic mass is 9.79. The predicted octanol–water partition coefficient (Wildman–Crippen LogP) is 3.96. The van der Waals surface area contributed by atoms with Crippen molar-refractivity contribution in [3.8, 4) is 0 Å². The van der Waals surface area contributed by atoms with E-state index in [1.54, 1.807) is 10.4 Å². The second-order valence-corrected chi connectivity index (χ2v) is 8.76. The Hall–Kier alpha value is -0.390. The van der Waals surface area contributed by atoms with Gasteiger partial charge in [-0.2, -0.15) is 4.31 Å². The van der Waals surface area contributed by atoms with Crippen LogP contribution in [0.4, 0.5) is 0 Å². The predicted molar refractivity (Wildman–Crippen MR) is 85.3 cm³/mol. The summed E-state index contributed by atoms with van der Waals surface area (Å²) in [4.78, 5) is 0.378. The lowest BCUT2D eigenvalue weighted by Gasteiger charge is -2.38. The van der Waals surface area contributed by atoms with Crippen molar-refractivity contribution in [1.82, 2.24) is 4.31 Å². The zero-order valence-corrected chi connectivity index (χ0v) is 14.7. The van der Waals surface area contributed by atoms with Gasteiger partial charge >= 0.3 is 0 Å². The van der Waals surface area contributed by atoms with Crippen LogP contribution in [0.25, 0.3) is 0 Å². The molecule has 1 aromatic rings. The van der Waals surface area contributed by atoms with E-state index in [1.165, 1.54) is 0 Å². The molecule has 3 nitrogen and oxygen atoms in total. The Balaban J connectivity index is 2.24. The second kappa shape index (κ2) is 5.78. The van der Waals surface area contributed by atoms with Gasteiger partial charge in [-0.25, -0.2) is 8.42 Å². The lowest BCUT2D eigenvalue weighted by Crippen LogP contribution is -2.41. The Morgan fingerprint density at radius 3 is 2.40 bits per heavy atom. The average Bonchev–Trinajstić information content (AvgIpc) is 2.39. The first kappa shape index (κ1) is 16.0. The second-order valence-electron chi connectivity index (χ2n) is 6.00. The van der Waals surface area contributed by atoms with E-state index in [2.05, 4.69) is 29.8 Å². The van der Waals surface area contributed by atoms with E-state index in [9.17, 15) is 8.42 Å². The number of aryl methyl sites for hydroxylation is 1. The first-order valence-electron chi connectivity index (χ1n) is 7.05. The van der Waals surface area contributed by atoms with Crippen LogP contribution in [0.5, 0.6) is 0 Å². The van der Waals surface area contributed by atoms with E-state index in [0.717, 1.165) is 24.8 Å². The third-order valence-electron chi connectivity index (χ3n) is 4.49. The van der Waals surface area contributed by atoms with E-state index in [1.807, 2.05) is 19.1 Å². The van der Waals surface area contributed by atoms with Gasteiger partial charge in [0.1, 0.15) is 0 Å². The van der Waals surface area contributed by atoms with Crippen LogP contribution in [0, 0.1) is 12.3 Å². The summed E-state index contributed by atoms with van der Waals surface area (Å²) in [6, 6.07) is 5.40. The zero-order valence-electron chi connectivity index (χ0n) is 12.3. The molecule has 0 saturated carbocycles. The highest BCUT2D eigenvalue weighted by Gasteiger charge is 2.35. The maximum atomic E-state index is 12.7. The van der Waals surface area contributed by atoms with E-state index < -0.39 is 10.0 Å². The van der Waals surface area contributed by atoms with Gasteiger partial charge in [0.25, 0.3) is 0 Å². The highest BCUT2D eigenvalue weighted by molar-refractivity contribution is 9.10. The van der Waals surface area contributed by atoms with Gasteiger partial charge in [0.05, 0.1) is 4.90 Å². The van der Waals surface area contributed by atoms with Gasteiger partial charge in [-0.3, -0.25) is 0 Å². The Morgan fingerprint density at radius 1 is 1.30 bits per heavy atom. The molecule has 0 atom stereocenters. The van der Waals surface area contributed by atoms with Crippen LogP contribution >= 0.6 is 15.9 Å². The first-order valence-corrected chi connectivity index (χ1v) is 9.28. The summed E-state index contributed by atoms with van der Waals surface area (Å²) in [5.41, 5.74) is 1.34. The number of piperidine rings is 1. The number of benzene rings is 1. The average molecular weight is 360 g/mol. The van der Waals surface area contributed by atoms with Crippen LogP contribution < -0.4 is 0 Å². The van der Waals surface area contributed by atoms with E-state index >= 15 is 0 Å². The molecule has 0 spiro atoms. The summed E-state index contributed by atoms with van der Waals surface area (Å²) in [6.45, 7) is 7.62. The number of rotatable bonds is 3. The first-order chi connectivity index (χ1) is 9.28. The molecule has 0 unspecified atom stereocenters. The molecule has 1 aliphatic heterocycles. The molecule has 2 rings (SSSR count). The molecule has 0 aromatic heterocycles. The van der Waals surface area contributed by atoms with E-state index in [-0.39, 0.29) is 5.41 Å². The Labute approximate surface area is 130 Å². The SMILES string of the molecule is CCC1(C)CCN(S(=O)(=O)c2ccc(C)cc2Br)CC1. The zero-order chi connectivity index (χ0) is 15.0. The number of nitrogens with zero attached hydrogens (tertiary/aromatic N) is 1. The van der Waals surface area contributed by atoms with Crippen molar-refractivity contribution in [3.05, 3.63) is 28.2 Å². The topological polar surface area (TPSA) is 37.4 Å². The van der Waals surface area contributed by atoms with E-state index in [4.69, 9.17) is 0 Å². The summed E-state index contributed by atoms with van der Waals surface area (Å²) >= 11 is 3.38. The van der Waals surface area contributed by atoms with Gasteiger partial charge in [0, 0.05) is 17.6 Å². The highest BCUT2D eigenvalue weighted by Crippen LogP contribution is 2.36. The molecule has 1 heterocycles. The van der Waals surface area contributed by atoms with Crippen LogP contribution in [0.1, 0.15) is 38.7 Å². The van der Waals surface area contributed by atoms with Crippen LogP contribution in [0.3, 0.4) is 0 Å². The van der Waals surface area contributed by atoms with Crippen molar-refractivity contribution >= 4 is 26.0 Å². The third kappa shape index (κ3) is 3.10. The summed E-state index contributed by atoms with van der Waals surface area (Å²) < 4.78 is 27.7. The van der Waals surface area contributed by atoms with Crippen molar-refractivity contribution in [2.75, 3.05) is 13.1 Å². The van der Waals surface area contributed by atoms with Gasteiger partial charge in [-0.05, 0) is 58.8 Å². The molecule has 1 saturated heterocycles. The van der Waals surface area contributed by atoms with Gasteiger partial charge in [0.15, 0.2) is 0 Å². The largest absolute Gasteiger partial charge is 0.244 e. The number of halogens is 1. The Bertz CT molecular complexity index is 590. The van der Waals surface area contributed by atoms with Crippen molar-refractivity contribution < 1.29 is 8.42 Å². The molecular weight excluding hydrogens is 338 g/mol. The monoisotopic (exact) mass is 359 g/mol. The lowest BCUT2D eigenvalue weighted by molar-refractivity contribution is 0.169. The standard InChI is InChI=1S/C15H22BrNO2S/c1-4-15(3)7-9-17(10-8-15)20(18,19)14-6-5-12(2)11-13(14)16/h5-6,11H,4,7-10H2,1-3H3. The molecule has 1 fully saturated rings. The van der Waals surface area contributed by atoms with Crippen LogP contribution in [0.2, 0.25) is 0 Å². The normalized spacial score (nSPS) is 20.0. The molecule has 0 bridgehead atoms.